The molecule has 0 spiro atoms. The largest absolute Gasteiger partial charge is 0.493 e. The highest BCUT2D eigenvalue weighted by Gasteiger charge is 2.26. The Balaban J connectivity index is 2.58. The molecule has 29 heavy (non-hydrogen) atoms. The maximum Gasteiger partial charge on any atom is 0.241 e. The number of ether oxygens (including phenoxy) is 3. The predicted molar refractivity (Wildman–Crippen MR) is 121 cm³/mol. The number of hydrogen-bond acceptors (Lipinski definition) is 5. The fourth-order valence-corrected chi connectivity index (χ4v) is 4.80. The van der Waals surface area contributed by atoms with E-state index in [4.69, 9.17) is 14.2 Å². The van der Waals surface area contributed by atoms with Crippen molar-refractivity contribution in [1.29, 1.82) is 0 Å². The molecule has 1 atom stereocenters. The molecule has 0 aliphatic carbocycles. The lowest BCUT2D eigenvalue weighted by atomic mass is 10.1. The topological polar surface area (TPSA) is 73.9 Å². The van der Waals surface area contributed by atoms with Crippen LogP contribution in [0.5, 0.6) is 17.2 Å². The van der Waals surface area contributed by atoms with Crippen LogP contribution in [0.4, 0.5) is 0 Å². The summed E-state index contributed by atoms with van der Waals surface area (Å²) in [4.78, 5) is 0.184. The lowest BCUT2D eigenvalue weighted by molar-refractivity contribution is 0.322. The van der Waals surface area contributed by atoms with Gasteiger partial charge in [-0.2, -0.15) is 4.72 Å². The van der Waals surface area contributed by atoms with Crippen LogP contribution in [-0.2, 0) is 10.0 Å². The number of sulfonamides is 1. The van der Waals surface area contributed by atoms with Crippen molar-refractivity contribution in [2.45, 2.75) is 17.9 Å². The number of benzene rings is 2. The SMILES string of the molecule is COc1cc(C(/C=C/CBr)NS(=O)(=O)c2ccc(C)cc2)c(Br)c(OC)c1OC. The Bertz CT molecular complexity index is 975. The second-order valence-corrected chi connectivity index (χ2v) is 9.20. The molecule has 6 nitrogen and oxygen atoms in total. The third kappa shape index (κ3) is 5.53. The van der Waals surface area contributed by atoms with Gasteiger partial charge >= 0.3 is 0 Å². The van der Waals surface area contributed by atoms with Gasteiger partial charge in [-0.15, -0.1) is 0 Å². The molecule has 1 unspecified atom stereocenters. The van der Waals surface area contributed by atoms with E-state index in [2.05, 4.69) is 36.6 Å². The normalized spacial score (nSPS) is 12.8. The average molecular weight is 549 g/mol. The average Bonchev–Trinajstić information content (AvgIpc) is 2.70. The summed E-state index contributed by atoms with van der Waals surface area (Å²) >= 11 is 6.86. The van der Waals surface area contributed by atoms with Gasteiger partial charge in [-0.3, -0.25) is 0 Å². The first kappa shape index (κ1) is 23.7. The third-order valence-electron chi connectivity index (χ3n) is 4.16. The van der Waals surface area contributed by atoms with Crippen LogP contribution >= 0.6 is 31.9 Å². The summed E-state index contributed by atoms with van der Waals surface area (Å²) in [6, 6.07) is 7.70. The van der Waals surface area contributed by atoms with Crippen molar-refractivity contribution in [2.75, 3.05) is 26.7 Å². The molecule has 0 aliphatic rings. The van der Waals surface area contributed by atoms with Crippen LogP contribution in [0.3, 0.4) is 0 Å². The number of methoxy groups -OCH3 is 3. The molecule has 2 aromatic carbocycles. The molecular weight excluding hydrogens is 526 g/mol. The molecule has 9 heteroatoms. The highest BCUT2D eigenvalue weighted by atomic mass is 79.9. The van der Waals surface area contributed by atoms with E-state index in [0.29, 0.717) is 32.6 Å². The van der Waals surface area contributed by atoms with Crippen molar-refractivity contribution in [1.82, 2.24) is 4.72 Å². The van der Waals surface area contributed by atoms with Crippen LogP contribution in [0.25, 0.3) is 0 Å². The molecule has 0 amide bonds. The van der Waals surface area contributed by atoms with E-state index >= 15 is 0 Å². The molecule has 0 bridgehead atoms. The monoisotopic (exact) mass is 547 g/mol. The van der Waals surface area contributed by atoms with Gasteiger partial charge in [-0.1, -0.05) is 45.8 Å². The molecule has 2 rings (SSSR count). The van der Waals surface area contributed by atoms with Crippen molar-refractivity contribution in [2.24, 2.45) is 0 Å². The molecule has 0 aromatic heterocycles. The maximum absolute atomic E-state index is 13.0. The highest BCUT2D eigenvalue weighted by molar-refractivity contribution is 9.10. The summed E-state index contributed by atoms with van der Waals surface area (Å²) < 4.78 is 45.5. The van der Waals surface area contributed by atoms with E-state index in [9.17, 15) is 8.42 Å². The lowest BCUT2D eigenvalue weighted by Gasteiger charge is -2.22. The first-order valence-electron chi connectivity index (χ1n) is 8.59. The summed E-state index contributed by atoms with van der Waals surface area (Å²) in [5.74, 6) is 1.25. The highest BCUT2D eigenvalue weighted by Crippen LogP contribution is 2.46. The van der Waals surface area contributed by atoms with E-state index in [0.717, 1.165) is 5.56 Å². The minimum atomic E-state index is -3.78. The maximum atomic E-state index is 13.0. The second-order valence-electron chi connectivity index (χ2n) is 6.04. The summed E-state index contributed by atoms with van der Waals surface area (Å²) in [5.41, 5.74) is 1.60. The molecule has 0 fully saturated rings. The van der Waals surface area contributed by atoms with Crippen molar-refractivity contribution in [3.8, 4) is 17.2 Å². The van der Waals surface area contributed by atoms with Gasteiger partial charge in [0.2, 0.25) is 15.8 Å². The van der Waals surface area contributed by atoms with Gasteiger partial charge in [0.05, 0.1) is 36.7 Å². The van der Waals surface area contributed by atoms with Gasteiger partial charge in [0.15, 0.2) is 11.5 Å². The fraction of sp³-hybridized carbons (Fsp3) is 0.300. The minimum absolute atomic E-state index is 0.184. The molecular formula is C20H23Br2NO5S. The first-order chi connectivity index (χ1) is 13.8. The Morgan fingerprint density at radius 2 is 1.69 bits per heavy atom. The van der Waals surface area contributed by atoms with Crippen LogP contribution in [0.15, 0.2) is 51.9 Å². The summed E-state index contributed by atoms with van der Waals surface area (Å²) in [6.45, 7) is 1.90. The van der Waals surface area contributed by atoms with E-state index < -0.39 is 16.1 Å². The van der Waals surface area contributed by atoms with Crippen molar-refractivity contribution < 1.29 is 22.6 Å². The van der Waals surface area contributed by atoms with Crippen LogP contribution in [0, 0.1) is 6.92 Å². The van der Waals surface area contributed by atoms with Crippen LogP contribution in [0.1, 0.15) is 17.2 Å². The molecule has 0 heterocycles. The minimum Gasteiger partial charge on any atom is -0.493 e. The number of rotatable bonds is 9. The Morgan fingerprint density at radius 1 is 1.07 bits per heavy atom. The van der Waals surface area contributed by atoms with E-state index in [1.54, 1.807) is 36.4 Å². The first-order valence-corrected chi connectivity index (χ1v) is 12.0. The van der Waals surface area contributed by atoms with E-state index in [1.807, 2.05) is 13.0 Å². The van der Waals surface area contributed by atoms with Gasteiger partial charge in [0, 0.05) is 5.33 Å². The van der Waals surface area contributed by atoms with Crippen LogP contribution in [-0.4, -0.2) is 35.1 Å². The van der Waals surface area contributed by atoms with E-state index in [1.165, 1.54) is 21.3 Å². The zero-order valence-corrected chi connectivity index (χ0v) is 20.5. The molecule has 1 N–H and O–H groups in total. The zero-order valence-electron chi connectivity index (χ0n) is 16.5. The van der Waals surface area contributed by atoms with Crippen molar-refractivity contribution in [3.63, 3.8) is 0 Å². The summed E-state index contributed by atoms with van der Waals surface area (Å²) in [5, 5.41) is 0.567. The number of hydrogen-bond donors (Lipinski definition) is 1. The van der Waals surface area contributed by atoms with Gasteiger partial charge in [0.1, 0.15) is 0 Å². The van der Waals surface area contributed by atoms with Crippen LogP contribution < -0.4 is 18.9 Å². The Labute approximate surface area is 188 Å². The van der Waals surface area contributed by atoms with Crippen LogP contribution in [0.2, 0.25) is 0 Å². The van der Waals surface area contributed by atoms with Gasteiger partial charge in [-0.05, 0) is 46.6 Å². The van der Waals surface area contributed by atoms with Crippen molar-refractivity contribution in [3.05, 3.63) is 58.1 Å². The molecule has 0 saturated heterocycles. The second kappa shape index (κ2) is 10.5. The number of aryl methyl sites for hydroxylation is 1. The van der Waals surface area contributed by atoms with E-state index in [-0.39, 0.29) is 4.90 Å². The molecule has 0 radical (unpaired) electrons. The number of nitrogens with one attached hydrogen (secondary N) is 1. The number of allylic oxidation sites excluding steroid dienone is 1. The Hall–Kier alpha value is -1.55. The van der Waals surface area contributed by atoms with Gasteiger partial charge in [-0.25, -0.2) is 8.42 Å². The zero-order chi connectivity index (χ0) is 21.6. The quantitative estimate of drug-likeness (QED) is 0.361. The van der Waals surface area contributed by atoms with Gasteiger partial charge < -0.3 is 14.2 Å². The molecule has 2 aromatic rings. The summed E-state index contributed by atoms with van der Waals surface area (Å²) in [6.07, 6.45) is 3.57. The fourth-order valence-electron chi connectivity index (χ4n) is 2.71. The number of halogens is 2. The third-order valence-corrected chi connectivity index (χ3v) is 6.81. The Morgan fingerprint density at radius 3 is 2.21 bits per heavy atom. The molecule has 0 saturated carbocycles. The molecule has 0 aliphatic heterocycles. The predicted octanol–water partition coefficient (Wildman–Crippen LogP) is 4.75. The smallest absolute Gasteiger partial charge is 0.241 e. The standard InChI is InChI=1S/C20H23Br2NO5S/c1-13-7-9-14(10-8-13)29(24,25)23-16(6-5-11-21)15-12-17(26-2)19(27-3)20(28-4)18(15)22/h5-10,12,16,23H,11H2,1-4H3/b6-5+. The summed E-state index contributed by atoms with van der Waals surface area (Å²) in [7, 11) is 0.746. The number of alkyl halides is 1. The molecule has 158 valence electrons. The van der Waals surface area contributed by atoms with Gasteiger partial charge in [0.25, 0.3) is 0 Å². The lowest BCUT2D eigenvalue weighted by Crippen LogP contribution is -2.28. The van der Waals surface area contributed by atoms with Crippen molar-refractivity contribution >= 4 is 41.9 Å². The Kier molecular flexibility index (Phi) is 8.57.